The molecule has 132 valence electrons. The van der Waals surface area contributed by atoms with Crippen LogP contribution in [0.3, 0.4) is 0 Å². The lowest BCUT2D eigenvalue weighted by Crippen LogP contribution is -2.33. The second-order valence-corrected chi connectivity index (χ2v) is 7.72. The highest BCUT2D eigenvalue weighted by molar-refractivity contribution is 6.00. The van der Waals surface area contributed by atoms with Crippen molar-refractivity contribution in [3.8, 4) is 5.88 Å². The normalized spacial score (nSPS) is 21.5. The summed E-state index contributed by atoms with van der Waals surface area (Å²) < 4.78 is 13.4. The Labute approximate surface area is 149 Å². The van der Waals surface area contributed by atoms with Gasteiger partial charge in [-0.1, -0.05) is 13.8 Å². The molecular weight excluding hydrogens is 332 g/mol. The molecule has 0 amide bonds. The number of furan rings is 1. The topological polar surface area (TPSA) is 82.5 Å². The fraction of sp³-hybridized carbons (Fsp3) is 0.368. The van der Waals surface area contributed by atoms with E-state index >= 15 is 0 Å². The fourth-order valence-corrected chi connectivity index (χ4v) is 3.99. The van der Waals surface area contributed by atoms with Gasteiger partial charge in [-0.25, -0.2) is 14.5 Å². The van der Waals surface area contributed by atoms with E-state index in [1.54, 1.807) is 17.1 Å². The molecule has 0 saturated carbocycles. The van der Waals surface area contributed by atoms with Gasteiger partial charge >= 0.3 is 0 Å². The van der Waals surface area contributed by atoms with Gasteiger partial charge in [-0.05, 0) is 24.5 Å². The van der Waals surface area contributed by atoms with Crippen LogP contribution in [0.5, 0.6) is 5.88 Å². The molecule has 3 aromatic rings. The van der Waals surface area contributed by atoms with E-state index < -0.39 is 0 Å². The third kappa shape index (κ3) is 2.13. The summed E-state index contributed by atoms with van der Waals surface area (Å²) in [5.74, 6) is 2.18. The van der Waals surface area contributed by atoms with Crippen molar-refractivity contribution < 1.29 is 13.9 Å². The van der Waals surface area contributed by atoms with Gasteiger partial charge in [-0.3, -0.25) is 4.79 Å². The number of aromatic nitrogens is 4. The first-order valence-electron chi connectivity index (χ1n) is 8.62. The van der Waals surface area contributed by atoms with Crippen LogP contribution in [-0.4, -0.2) is 25.4 Å². The molecule has 0 fully saturated rings. The first-order chi connectivity index (χ1) is 12.4. The van der Waals surface area contributed by atoms with Gasteiger partial charge in [0.1, 0.15) is 23.7 Å². The van der Waals surface area contributed by atoms with Crippen molar-refractivity contribution in [1.29, 1.82) is 0 Å². The van der Waals surface area contributed by atoms with Crippen LogP contribution in [0.1, 0.15) is 49.8 Å². The van der Waals surface area contributed by atoms with Crippen molar-refractivity contribution in [1.82, 2.24) is 19.6 Å². The minimum Gasteiger partial charge on any atom is -0.468 e. The summed E-state index contributed by atoms with van der Waals surface area (Å²) in [5, 5.41) is 4.34. The minimum atomic E-state index is -0.382. The first kappa shape index (κ1) is 15.3. The zero-order valence-electron chi connectivity index (χ0n) is 14.8. The molecule has 0 unspecified atom stereocenters. The van der Waals surface area contributed by atoms with Gasteiger partial charge in [0, 0.05) is 18.4 Å². The maximum absolute atomic E-state index is 13.1. The number of aryl methyl sites for hydroxylation is 1. The molecule has 2 aliphatic rings. The Kier molecular flexibility index (Phi) is 2.96. The van der Waals surface area contributed by atoms with E-state index in [-0.39, 0.29) is 17.1 Å². The molecule has 4 heterocycles. The lowest BCUT2D eigenvalue weighted by Gasteiger charge is -2.36. The summed E-state index contributed by atoms with van der Waals surface area (Å²) in [5.41, 5.74) is 1.88. The summed E-state index contributed by atoms with van der Waals surface area (Å²) in [7, 11) is 0. The molecule has 0 radical (unpaired) electrons. The average molecular weight is 350 g/mol. The van der Waals surface area contributed by atoms with E-state index in [1.165, 1.54) is 0 Å². The summed E-state index contributed by atoms with van der Waals surface area (Å²) in [6, 6.07) is 3.70. The maximum atomic E-state index is 13.1. The maximum Gasteiger partial charge on any atom is 0.228 e. The van der Waals surface area contributed by atoms with E-state index in [0.717, 1.165) is 5.56 Å². The van der Waals surface area contributed by atoms with E-state index in [4.69, 9.17) is 9.15 Å². The number of hydrogen-bond donors (Lipinski definition) is 0. The zero-order valence-corrected chi connectivity index (χ0v) is 14.8. The van der Waals surface area contributed by atoms with Gasteiger partial charge in [0.25, 0.3) is 0 Å². The second kappa shape index (κ2) is 5.03. The second-order valence-electron chi connectivity index (χ2n) is 7.72. The Morgan fingerprint density at radius 2 is 2.15 bits per heavy atom. The van der Waals surface area contributed by atoms with Gasteiger partial charge in [0.2, 0.25) is 5.88 Å². The van der Waals surface area contributed by atoms with Gasteiger partial charge in [-0.15, -0.1) is 0 Å². The summed E-state index contributed by atoms with van der Waals surface area (Å²) in [6.07, 6.45) is 4.37. The van der Waals surface area contributed by atoms with Crippen molar-refractivity contribution in [2.45, 2.75) is 39.5 Å². The molecule has 0 bridgehead atoms. The van der Waals surface area contributed by atoms with Crippen molar-refractivity contribution in [2.75, 3.05) is 0 Å². The number of fused-ring (bicyclic) bond motifs is 3. The molecular formula is C19H18N4O3. The molecule has 0 N–H and O–H groups in total. The summed E-state index contributed by atoms with van der Waals surface area (Å²) in [4.78, 5) is 22.0. The largest absolute Gasteiger partial charge is 0.468 e. The Morgan fingerprint density at radius 3 is 2.92 bits per heavy atom. The number of carbonyl (C=O) groups is 1. The van der Waals surface area contributed by atoms with E-state index in [9.17, 15) is 4.79 Å². The molecule has 3 aromatic heterocycles. The number of rotatable bonds is 1. The summed E-state index contributed by atoms with van der Waals surface area (Å²) >= 11 is 0. The standard InChI is InChI=1S/C19H18N4O3/c1-10-21-17-16-15(12-5-4-6-25-12)14-11(24)7-19(2,3)8-13(14)26-18(16)20-9-23(17)22-10/h4-6,9,15H,7-8H2,1-3H3/t15-/m0/s1. The SMILES string of the molecule is Cc1nc2c3c(ncn2n1)OC1=C(C(=O)CC(C)(C)C1)[C@@H]3c1ccco1. The fourth-order valence-electron chi connectivity index (χ4n) is 3.99. The van der Waals surface area contributed by atoms with Gasteiger partial charge < -0.3 is 9.15 Å². The predicted octanol–water partition coefficient (Wildman–Crippen LogP) is 3.19. The average Bonchev–Trinajstić information content (AvgIpc) is 3.19. The van der Waals surface area contributed by atoms with Crippen LogP contribution in [0.25, 0.3) is 5.65 Å². The van der Waals surface area contributed by atoms with Gasteiger partial charge in [0.15, 0.2) is 11.4 Å². The molecule has 7 nitrogen and oxygen atoms in total. The molecule has 7 heteroatoms. The Bertz CT molecular complexity index is 1080. The van der Waals surface area contributed by atoms with Crippen LogP contribution in [0, 0.1) is 12.3 Å². The highest BCUT2D eigenvalue weighted by Gasteiger charge is 2.44. The van der Waals surface area contributed by atoms with Gasteiger partial charge in [0.05, 0.1) is 17.7 Å². The molecule has 26 heavy (non-hydrogen) atoms. The van der Waals surface area contributed by atoms with Crippen LogP contribution in [0.2, 0.25) is 0 Å². The molecule has 1 aliphatic heterocycles. The number of ether oxygens (including phenoxy) is 1. The molecule has 0 saturated heterocycles. The van der Waals surface area contributed by atoms with Crippen molar-refractivity contribution >= 4 is 11.4 Å². The Balaban J connectivity index is 1.81. The third-order valence-corrected chi connectivity index (χ3v) is 5.00. The van der Waals surface area contributed by atoms with Gasteiger partial charge in [-0.2, -0.15) is 5.10 Å². The molecule has 0 spiro atoms. The molecule has 0 aromatic carbocycles. The number of nitrogens with zero attached hydrogens (tertiary/aromatic N) is 4. The van der Waals surface area contributed by atoms with Crippen molar-refractivity contribution in [2.24, 2.45) is 5.41 Å². The predicted molar refractivity (Wildman–Crippen MR) is 91.7 cm³/mol. The Hall–Kier alpha value is -2.96. The third-order valence-electron chi connectivity index (χ3n) is 5.00. The summed E-state index contributed by atoms with van der Waals surface area (Å²) in [6.45, 7) is 5.98. The molecule has 1 aliphatic carbocycles. The lowest BCUT2D eigenvalue weighted by molar-refractivity contribution is -0.118. The molecule has 1 atom stereocenters. The van der Waals surface area contributed by atoms with Crippen LogP contribution in [0.15, 0.2) is 40.5 Å². The highest BCUT2D eigenvalue weighted by Crippen LogP contribution is 2.50. The molecule has 5 rings (SSSR count). The van der Waals surface area contributed by atoms with Crippen LogP contribution >= 0.6 is 0 Å². The van der Waals surface area contributed by atoms with Crippen LogP contribution in [-0.2, 0) is 4.79 Å². The first-order valence-corrected chi connectivity index (χ1v) is 8.62. The van der Waals surface area contributed by atoms with E-state index in [0.29, 0.717) is 47.3 Å². The van der Waals surface area contributed by atoms with Crippen molar-refractivity contribution in [3.05, 3.63) is 53.2 Å². The monoisotopic (exact) mass is 350 g/mol. The minimum absolute atomic E-state index is 0.0848. The zero-order chi connectivity index (χ0) is 18.1. The van der Waals surface area contributed by atoms with Crippen LogP contribution in [0.4, 0.5) is 0 Å². The van der Waals surface area contributed by atoms with Crippen LogP contribution < -0.4 is 4.74 Å². The number of Topliss-reactive ketones (excluding diaryl/α,β-unsaturated/α-hetero) is 1. The van der Waals surface area contributed by atoms with E-state index in [1.807, 2.05) is 19.1 Å². The highest BCUT2D eigenvalue weighted by atomic mass is 16.5. The van der Waals surface area contributed by atoms with Crippen molar-refractivity contribution in [3.63, 3.8) is 0 Å². The quantitative estimate of drug-likeness (QED) is 0.670. The number of carbonyl (C=O) groups excluding carboxylic acids is 1. The van der Waals surface area contributed by atoms with E-state index in [2.05, 4.69) is 28.9 Å². The number of allylic oxidation sites excluding steroid dienone is 2. The smallest absolute Gasteiger partial charge is 0.228 e. The number of ketones is 1. The number of hydrogen-bond acceptors (Lipinski definition) is 6. The lowest BCUT2D eigenvalue weighted by atomic mass is 9.71. The Morgan fingerprint density at radius 1 is 1.31 bits per heavy atom.